The summed E-state index contributed by atoms with van der Waals surface area (Å²) >= 11 is 0. The van der Waals surface area contributed by atoms with Gasteiger partial charge in [-0.25, -0.2) is 0 Å². The summed E-state index contributed by atoms with van der Waals surface area (Å²) in [6, 6.07) is 11.4. The average Bonchev–Trinajstić information content (AvgIpc) is 2.81. The molecule has 1 nitrogen and oxygen atoms in total. The molecule has 0 bridgehead atoms. The summed E-state index contributed by atoms with van der Waals surface area (Å²) in [6.45, 7) is 12.4. The second kappa shape index (κ2) is 23.4. The highest BCUT2D eigenvalue weighted by Gasteiger charge is 2.26. The fourth-order valence-electron chi connectivity index (χ4n) is 5.23. The molecule has 33 heavy (non-hydrogen) atoms. The molecule has 2 heteroatoms. The molecule has 1 rings (SSSR count). The zero-order valence-corrected chi connectivity index (χ0v) is 24.4. The minimum atomic E-state index is 0. The molecule has 0 saturated carbocycles. The molecule has 0 heterocycles. The highest BCUT2D eigenvalue weighted by atomic mass is 79.9. The van der Waals surface area contributed by atoms with Crippen molar-refractivity contribution in [3.8, 4) is 0 Å². The van der Waals surface area contributed by atoms with Crippen LogP contribution in [0.2, 0.25) is 0 Å². The lowest BCUT2D eigenvalue weighted by Crippen LogP contribution is -3.00. The third-order valence-electron chi connectivity index (χ3n) is 7.32. The Labute approximate surface area is 219 Å². The van der Waals surface area contributed by atoms with Crippen LogP contribution in [0.1, 0.15) is 142 Å². The van der Waals surface area contributed by atoms with Crippen molar-refractivity contribution in [2.75, 3.05) is 19.6 Å². The minimum Gasteiger partial charge on any atom is -1.00 e. The van der Waals surface area contributed by atoms with Gasteiger partial charge in [-0.05, 0) is 38.5 Å². The van der Waals surface area contributed by atoms with Gasteiger partial charge in [0.1, 0.15) is 6.54 Å². The van der Waals surface area contributed by atoms with Gasteiger partial charge >= 0.3 is 0 Å². The number of rotatable bonds is 23. The topological polar surface area (TPSA) is 0 Å². The molecule has 0 radical (unpaired) electrons. The molecule has 0 spiro atoms. The highest BCUT2D eigenvalue weighted by molar-refractivity contribution is 5.13. The van der Waals surface area contributed by atoms with Crippen molar-refractivity contribution in [3.63, 3.8) is 0 Å². The predicted octanol–water partition coefficient (Wildman–Crippen LogP) is 7.09. The van der Waals surface area contributed by atoms with E-state index in [0.717, 1.165) is 0 Å². The summed E-state index contributed by atoms with van der Waals surface area (Å²) < 4.78 is 1.35. The van der Waals surface area contributed by atoms with Crippen molar-refractivity contribution in [3.05, 3.63) is 35.9 Å². The van der Waals surface area contributed by atoms with E-state index >= 15 is 0 Å². The molecule has 0 aliphatic rings. The quantitative estimate of drug-likeness (QED) is 0.106. The number of benzene rings is 1. The molecule has 1 aromatic rings. The van der Waals surface area contributed by atoms with Gasteiger partial charge in [-0.2, -0.15) is 0 Å². The Morgan fingerprint density at radius 2 is 0.788 bits per heavy atom. The van der Waals surface area contributed by atoms with Gasteiger partial charge in [0.05, 0.1) is 19.6 Å². The normalized spacial score (nSPS) is 11.5. The van der Waals surface area contributed by atoms with E-state index in [2.05, 4.69) is 51.1 Å². The first-order chi connectivity index (χ1) is 15.8. The van der Waals surface area contributed by atoms with E-state index in [-0.39, 0.29) is 17.0 Å². The third kappa shape index (κ3) is 17.7. The van der Waals surface area contributed by atoms with E-state index in [0.29, 0.717) is 0 Å². The van der Waals surface area contributed by atoms with Crippen molar-refractivity contribution in [1.82, 2.24) is 0 Å². The molecular weight excluding hydrogens is 466 g/mol. The number of nitrogens with zero attached hydrogens (tertiary/aromatic N) is 1. The second-order valence-electron chi connectivity index (χ2n) is 10.5. The summed E-state index contributed by atoms with van der Waals surface area (Å²) in [5.41, 5.74) is 1.55. The number of hydrogen-bond donors (Lipinski definition) is 0. The molecule has 194 valence electrons. The third-order valence-corrected chi connectivity index (χ3v) is 7.32. The van der Waals surface area contributed by atoms with Crippen LogP contribution in [-0.4, -0.2) is 24.1 Å². The van der Waals surface area contributed by atoms with E-state index in [1.54, 1.807) is 5.56 Å². The van der Waals surface area contributed by atoms with Crippen molar-refractivity contribution in [2.45, 2.75) is 143 Å². The first kappa shape index (κ1) is 32.7. The van der Waals surface area contributed by atoms with Gasteiger partial charge in [-0.15, -0.1) is 0 Å². The van der Waals surface area contributed by atoms with Crippen LogP contribution in [0.3, 0.4) is 0 Å². The second-order valence-corrected chi connectivity index (χ2v) is 10.5. The molecule has 0 N–H and O–H groups in total. The SMILES string of the molecule is CCCCCCCC[N+](CCCCCCCC)(CCCCCCCC)Cc1ccccc1.[Br-]. The summed E-state index contributed by atoms with van der Waals surface area (Å²) in [4.78, 5) is 0. The molecule has 0 aliphatic heterocycles. The van der Waals surface area contributed by atoms with Gasteiger partial charge in [0.15, 0.2) is 0 Å². The Kier molecular flexibility index (Phi) is 23.2. The van der Waals surface area contributed by atoms with Gasteiger partial charge in [-0.3, -0.25) is 0 Å². The van der Waals surface area contributed by atoms with Gasteiger partial charge in [0, 0.05) is 5.56 Å². The molecular formula is C31H58BrN. The number of halogens is 1. The maximum absolute atomic E-state index is 2.37. The van der Waals surface area contributed by atoms with Crippen LogP contribution in [0, 0.1) is 0 Å². The van der Waals surface area contributed by atoms with Crippen LogP contribution in [0.15, 0.2) is 30.3 Å². The Morgan fingerprint density at radius 1 is 0.455 bits per heavy atom. The van der Waals surface area contributed by atoms with Gasteiger partial charge < -0.3 is 21.5 Å². The maximum atomic E-state index is 2.37. The molecule has 0 saturated heterocycles. The Bertz CT molecular complexity index is 460. The summed E-state index contributed by atoms with van der Waals surface area (Å²) in [5.74, 6) is 0. The monoisotopic (exact) mass is 523 g/mol. The number of hydrogen-bond acceptors (Lipinski definition) is 0. The zero-order chi connectivity index (χ0) is 23.2. The van der Waals surface area contributed by atoms with E-state index in [1.807, 2.05) is 0 Å². The van der Waals surface area contributed by atoms with Crippen molar-refractivity contribution < 1.29 is 21.5 Å². The zero-order valence-electron chi connectivity index (χ0n) is 22.8. The molecule has 0 fully saturated rings. The Balaban J connectivity index is 0.0000102. The molecule has 0 atom stereocenters. The predicted molar refractivity (Wildman–Crippen MR) is 145 cm³/mol. The minimum absolute atomic E-state index is 0. The highest BCUT2D eigenvalue weighted by Crippen LogP contribution is 2.22. The van der Waals surface area contributed by atoms with E-state index in [1.165, 1.54) is 146 Å². The Morgan fingerprint density at radius 3 is 1.15 bits per heavy atom. The molecule has 0 aromatic heterocycles. The van der Waals surface area contributed by atoms with Gasteiger partial charge in [0.2, 0.25) is 0 Å². The molecule has 0 amide bonds. The van der Waals surface area contributed by atoms with Crippen molar-refractivity contribution in [2.24, 2.45) is 0 Å². The summed E-state index contributed by atoms with van der Waals surface area (Å²) in [6.07, 6.45) is 25.5. The average molecular weight is 525 g/mol. The lowest BCUT2D eigenvalue weighted by atomic mass is 10.0. The van der Waals surface area contributed by atoms with Crippen LogP contribution >= 0.6 is 0 Å². The van der Waals surface area contributed by atoms with Crippen LogP contribution in [0.25, 0.3) is 0 Å². The van der Waals surface area contributed by atoms with Crippen LogP contribution in [-0.2, 0) is 6.54 Å². The fourth-order valence-corrected chi connectivity index (χ4v) is 5.23. The summed E-state index contributed by atoms with van der Waals surface area (Å²) in [5, 5.41) is 0. The van der Waals surface area contributed by atoms with Crippen molar-refractivity contribution >= 4 is 0 Å². The van der Waals surface area contributed by atoms with Crippen LogP contribution in [0.5, 0.6) is 0 Å². The molecule has 0 unspecified atom stereocenters. The Hall–Kier alpha value is -0.340. The maximum Gasteiger partial charge on any atom is 0.104 e. The number of quaternary nitrogens is 1. The molecule has 0 aliphatic carbocycles. The van der Waals surface area contributed by atoms with Gasteiger partial charge in [0.25, 0.3) is 0 Å². The first-order valence-electron chi connectivity index (χ1n) is 14.7. The fraction of sp³-hybridized carbons (Fsp3) is 0.806. The smallest absolute Gasteiger partial charge is 0.104 e. The largest absolute Gasteiger partial charge is 1.00 e. The van der Waals surface area contributed by atoms with E-state index in [4.69, 9.17) is 0 Å². The van der Waals surface area contributed by atoms with Crippen LogP contribution < -0.4 is 17.0 Å². The first-order valence-corrected chi connectivity index (χ1v) is 14.7. The lowest BCUT2D eigenvalue weighted by molar-refractivity contribution is -0.941. The van der Waals surface area contributed by atoms with E-state index in [9.17, 15) is 0 Å². The van der Waals surface area contributed by atoms with Crippen molar-refractivity contribution in [1.29, 1.82) is 0 Å². The van der Waals surface area contributed by atoms with Gasteiger partial charge in [-0.1, -0.05) is 128 Å². The lowest BCUT2D eigenvalue weighted by Gasteiger charge is -2.39. The molecule has 1 aromatic carbocycles. The number of unbranched alkanes of at least 4 members (excludes halogenated alkanes) is 15. The van der Waals surface area contributed by atoms with E-state index < -0.39 is 0 Å². The standard InChI is InChI=1S/C31H58N.BrH/c1-4-7-10-13-16-22-27-32(28-23-17-14-11-8-5-2,29-24-18-15-12-9-6-3)30-31-25-20-19-21-26-31;/h19-21,25-26H,4-18,22-24,27-30H2,1-3H3;1H/q+1;/p-1. The van der Waals surface area contributed by atoms with Crippen LogP contribution in [0.4, 0.5) is 0 Å². The summed E-state index contributed by atoms with van der Waals surface area (Å²) in [7, 11) is 0.